The van der Waals surface area contributed by atoms with Gasteiger partial charge in [0.25, 0.3) is 0 Å². The molecule has 0 radical (unpaired) electrons. The van der Waals surface area contributed by atoms with E-state index in [2.05, 4.69) is 23.7 Å². The van der Waals surface area contributed by atoms with Crippen molar-refractivity contribution in [3.8, 4) is 11.5 Å². The quantitative estimate of drug-likeness (QED) is 0.787. The maximum Gasteiger partial charge on any atom is 0.161 e. The molecule has 2 aromatic rings. The molecule has 2 rings (SSSR count). The second-order valence-electron chi connectivity index (χ2n) is 4.76. The van der Waals surface area contributed by atoms with E-state index >= 15 is 0 Å². The van der Waals surface area contributed by atoms with E-state index in [1.54, 1.807) is 18.4 Å². The van der Waals surface area contributed by atoms with Crippen LogP contribution < -0.4 is 14.8 Å². The predicted molar refractivity (Wildman–Crippen MR) is 85.2 cm³/mol. The van der Waals surface area contributed by atoms with Gasteiger partial charge in [-0.15, -0.1) is 11.3 Å². The Bertz CT molecular complexity index is 530. The molecule has 2 unspecified atom stereocenters. The summed E-state index contributed by atoms with van der Waals surface area (Å²) in [6.07, 6.45) is -0.572. The van der Waals surface area contributed by atoms with E-state index < -0.39 is 6.10 Å². The Kier molecular flexibility index (Phi) is 6.04. The molecule has 4 nitrogen and oxygen atoms in total. The number of hydrogen-bond acceptors (Lipinski definition) is 5. The lowest BCUT2D eigenvalue weighted by atomic mass is 10.2. The summed E-state index contributed by atoms with van der Waals surface area (Å²) in [5, 5.41) is 15.3. The van der Waals surface area contributed by atoms with Crippen LogP contribution in [0.3, 0.4) is 0 Å². The topological polar surface area (TPSA) is 50.7 Å². The van der Waals surface area contributed by atoms with E-state index in [1.807, 2.05) is 30.3 Å². The van der Waals surface area contributed by atoms with Crippen molar-refractivity contribution in [1.82, 2.24) is 5.32 Å². The van der Waals surface area contributed by atoms with Gasteiger partial charge >= 0.3 is 0 Å². The van der Waals surface area contributed by atoms with Gasteiger partial charge in [-0.25, -0.2) is 0 Å². The number of hydrogen-bond donors (Lipinski definition) is 2. The summed E-state index contributed by atoms with van der Waals surface area (Å²) in [5.41, 5.74) is 0. The van der Waals surface area contributed by atoms with Crippen LogP contribution in [0.25, 0.3) is 0 Å². The Labute approximate surface area is 129 Å². The van der Waals surface area contributed by atoms with E-state index in [9.17, 15) is 5.11 Å². The number of methoxy groups -OCH3 is 1. The van der Waals surface area contributed by atoms with Crippen LogP contribution in [0.5, 0.6) is 11.5 Å². The summed E-state index contributed by atoms with van der Waals surface area (Å²) in [6, 6.07) is 11.8. The first-order valence-corrected chi connectivity index (χ1v) is 7.79. The lowest BCUT2D eigenvalue weighted by Gasteiger charge is -2.17. The highest BCUT2D eigenvalue weighted by atomic mass is 32.1. The van der Waals surface area contributed by atoms with E-state index in [-0.39, 0.29) is 12.6 Å². The first-order valence-electron chi connectivity index (χ1n) is 6.91. The fraction of sp³-hybridized carbons (Fsp3) is 0.375. The van der Waals surface area contributed by atoms with E-state index in [4.69, 9.17) is 9.47 Å². The first kappa shape index (κ1) is 15.8. The molecule has 21 heavy (non-hydrogen) atoms. The van der Waals surface area contributed by atoms with Crippen LogP contribution in [-0.2, 0) is 0 Å². The molecule has 0 saturated carbocycles. The average Bonchev–Trinajstić information content (AvgIpc) is 3.05. The maximum atomic E-state index is 10.00. The van der Waals surface area contributed by atoms with Crippen molar-refractivity contribution in [2.45, 2.75) is 19.1 Å². The van der Waals surface area contributed by atoms with Gasteiger partial charge in [-0.2, -0.15) is 0 Å². The Morgan fingerprint density at radius 1 is 1.19 bits per heavy atom. The molecule has 5 heteroatoms. The molecule has 0 saturated heterocycles. The lowest BCUT2D eigenvalue weighted by Crippen LogP contribution is -2.32. The highest BCUT2D eigenvalue weighted by molar-refractivity contribution is 7.10. The van der Waals surface area contributed by atoms with Crippen molar-refractivity contribution in [3.05, 3.63) is 46.7 Å². The Balaban J connectivity index is 1.76. The third kappa shape index (κ3) is 4.74. The van der Waals surface area contributed by atoms with Gasteiger partial charge in [0.2, 0.25) is 0 Å². The minimum atomic E-state index is -0.572. The van der Waals surface area contributed by atoms with E-state index in [1.165, 1.54) is 4.88 Å². The zero-order valence-electron chi connectivity index (χ0n) is 12.3. The molecule has 1 heterocycles. The van der Waals surface area contributed by atoms with Crippen molar-refractivity contribution >= 4 is 11.3 Å². The smallest absolute Gasteiger partial charge is 0.161 e. The van der Waals surface area contributed by atoms with Gasteiger partial charge in [0.05, 0.1) is 7.11 Å². The third-order valence-electron chi connectivity index (χ3n) is 3.13. The number of benzene rings is 1. The summed E-state index contributed by atoms with van der Waals surface area (Å²) >= 11 is 1.71. The van der Waals surface area contributed by atoms with Gasteiger partial charge in [-0.3, -0.25) is 0 Å². The van der Waals surface area contributed by atoms with Gasteiger partial charge in [-0.1, -0.05) is 18.2 Å². The molecule has 114 valence electrons. The number of aliphatic hydroxyl groups is 1. The van der Waals surface area contributed by atoms with Crippen molar-refractivity contribution in [1.29, 1.82) is 0 Å². The zero-order chi connectivity index (χ0) is 15.1. The summed E-state index contributed by atoms with van der Waals surface area (Å²) < 4.78 is 10.8. The SMILES string of the molecule is COc1ccccc1OCC(O)CNC(C)c1cccs1. The van der Waals surface area contributed by atoms with Crippen LogP contribution in [0.15, 0.2) is 41.8 Å². The van der Waals surface area contributed by atoms with E-state index in [0.29, 0.717) is 18.0 Å². The van der Waals surface area contributed by atoms with Crippen LogP contribution in [0.1, 0.15) is 17.8 Å². The first-order chi connectivity index (χ1) is 10.2. The standard InChI is InChI=1S/C16H21NO3S/c1-12(16-8-5-9-21-16)17-10-13(18)11-20-15-7-4-3-6-14(15)19-2/h3-9,12-13,17-18H,10-11H2,1-2H3. The molecule has 0 aliphatic rings. The molecular weight excluding hydrogens is 286 g/mol. The van der Waals surface area contributed by atoms with Crippen molar-refractivity contribution in [2.24, 2.45) is 0 Å². The molecule has 2 atom stereocenters. The van der Waals surface area contributed by atoms with Crippen molar-refractivity contribution < 1.29 is 14.6 Å². The number of ether oxygens (including phenoxy) is 2. The second-order valence-corrected chi connectivity index (χ2v) is 5.74. The minimum absolute atomic E-state index is 0.227. The summed E-state index contributed by atoms with van der Waals surface area (Å²) in [5.74, 6) is 1.31. The lowest BCUT2D eigenvalue weighted by molar-refractivity contribution is 0.102. The molecule has 0 aliphatic heterocycles. The molecule has 0 spiro atoms. The predicted octanol–water partition coefficient (Wildman–Crippen LogP) is 2.85. The molecule has 0 aliphatic carbocycles. The van der Waals surface area contributed by atoms with Crippen LogP contribution in [0, 0.1) is 0 Å². The molecule has 0 bridgehead atoms. The molecule has 2 N–H and O–H groups in total. The van der Waals surface area contributed by atoms with Gasteiger partial charge < -0.3 is 19.9 Å². The molecule has 1 aromatic heterocycles. The Morgan fingerprint density at radius 2 is 1.95 bits per heavy atom. The Morgan fingerprint density at radius 3 is 2.62 bits per heavy atom. The molecule has 0 fully saturated rings. The van der Waals surface area contributed by atoms with E-state index in [0.717, 1.165) is 0 Å². The Hall–Kier alpha value is -1.56. The van der Waals surface area contributed by atoms with Gasteiger partial charge in [0.1, 0.15) is 12.7 Å². The largest absolute Gasteiger partial charge is 0.493 e. The zero-order valence-corrected chi connectivity index (χ0v) is 13.1. The summed E-state index contributed by atoms with van der Waals surface area (Å²) in [4.78, 5) is 1.26. The number of nitrogens with one attached hydrogen (secondary N) is 1. The minimum Gasteiger partial charge on any atom is -0.493 e. The average molecular weight is 307 g/mol. The normalized spacial score (nSPS) is 13.7. The maximum absolute atomic E-state index is 10.00. The van der Waals surface area contributed by atoms with Crippen molar-refractivity contribution in [2.75, 3.05) is 20.3 Å². The van der Waals surface area contributed by atoms with Gasteiger partial charge in [0.15, 0.2) is 11.5 Å². The highest BCUT2D eigenvalue weighted by Crippen LogP contribution is 2.25. The van der Waals surface area contributed by atoms with Crippen LogP contribution in [0.4, 0.5) is 0 Å². The van der Waals surface area contributed by atoms with Gasteiger partial charge in [0, 0.05) is 17.5 Å². The third-order valence-corrected chi connectivity index (χ3v) is 4.18. The summed E-state index contributed by atoms with van der Waals surface area (Å²) in [6.45, 7) is 2.79. The van der Waals surface area contributed by atoms with Crippen molar-refractivity contribution in [3.63, 3.8) is 0 Å². The molecule has 1 aromatic carbocycles. The number of rotatable bonds is 8. The molecular formula is C16H21NO3S. The van der Waals surface area contributed by atoms with Gasteiger partial charge in [-0.05, 0) is 30.5 Å². The fourth-order valence-electron chi connectivity index (χ4n) is 1.93. The van der Waals surface area contributed by atoms with Crippen LogP contribution in [0.2, 0.25) is 0 Å². The van der Waals surface area contributed by atoms with Crippen LogP contribution in [-0.4, -0.2) is 31.5 Å². The number of para-hydroxylation sites is 2. The fourth-order valence-corrected chi connectivity index (χ4v) is 2.69. The highest BCUT2D eigenvalue weighted by Gasteiger charge is 2.11. The number of aliphatic hydroxyl groups excluding tert-OH is 1. The molecule has 0 amide bonds. The number of thiophene rings is 1. The second kappa shape index (κ2) is 8.02. The van der Waals surface area contributed by atoms with Crippen LogP contribution >= 0.6 is 11.3 Å². The summed E-state index contributed by atoms with van der Waals surface area (Å²) in [7, 11) is 1.60. The monoisotopic (exact) mass is 307 g/mol.